The van der Waals surface area contributed by atoms with E-state index in [4.69, 9.17) is 21.1 Å². The van der Waals surface area contributed by atoms with E-state index in [1.807, 2.05) is 19.1 Å². The van der Waals surface area contributed by atoms with Crippen molar-refractivity contribution in [2.24, 2.45) is 0 Å². The first-order valence-electron chi connectivity index (χ1n) is 5.75. The Labute approximate surface area is 120 Å². The molecule has 0 aliphatic rings. The van der Waals surface area contributed by atoms with Crippen molar-refractivity contribution in [2.45, 2.75) is 13.3 Å². The number of carbonyl (C=O) groups excluding carboxylic acids is 1. The average molecular weight is 298 g/mol. The molecule has 19 heavy (non-hydrogen) atoms. The topological polar surface area (TPSA) is 48.4 Å². The molecule has 0 aliphatic carbocycles. The van der Waals surface area contributed by atoms with Crippen LogP contribution in [0.3, 0.4) is 0 Å². The average Bonchev–Trinajstić information content (AvgIpc) is 2.78. The van der Waals surface area contributed by atoms with E-state index in [1.54, 1.807) is 12.1 Å². The van der Waals surface area contributed by atoms with Crippen LogP contribution in [0.2, 0.25) is 5.15 Å². The summed E-state index contributed by atoms with van der Waals surface area (Å²) in [5.74, 6) is 1.41. The molecular formula is C13H12ClNO3S. The summed E-state index contributed by atoms with van der Waals surface area (Å²) in [6.07, 6.45) is 1.62. The molecule has 0 N–H and O–H groups in total. The molecule has 0 fully saturated rings. The molecular weight excluding hydrogens is 286 g/mol. The molecule has 0 atom stereocenters. The van der Waals surface area contributed by atoms with E-state index in [-0.39, 0.29) is 5.15 Å². The Bertz CT molecular complexity index is 554. The molecule has 1 aromatic carbocycles. The number of carbonyl (C=O) groups is 1. The summed E-state index contributed by atoms with van der Waals surface area (Å²) in [6, 6.07) is 7.20. The van der Waals surface area contributed by atoms with E-state index >= 15 is 0 Å². The van der Waals surface area contributed by atoms with Crippen LogP contribution in [0.5, 0.6) is 16.7 Å². The van der Waals surface area contributed by atoms with Gasteiger partial charge in [-0.3, -0.25) is 4.79 Å². The van der Waals surface area contributed by atoms with Crippen LogP contribution in [0.1, 0.15) is 23.0 Å². The van der Waals surface area contributed by atoms with Gasteiger partial charge in [0.1, 0.15) is 16.4 Å². The smallest absolute Gasteiger partial charge is 0.280 e. The Hall–Kier alpha value is -1.59. The predicted molar refractivity (Wildman–Crippen MR) is 74.8 cm³/mol. The number of thiazole rings is 1. The van der Waals surface area contributed by atoms with Crippen LogP contribution < -0.4 is 9.47 Å². The molecule has 2 aromatic rings. The molecule has 6 heteroatoms. The van der Waals surface area contributed by atoms with Gasteiger partial charge in [0.2, 0.25) is 0 Å². The summed E-state index contributed by atoms with van der Waals surface area (Å²) in [7, 11) is 0. The molecule has 0 amide bonds. The van der Waals surface area contributed by atoms with E-state index in [9.17, 15) is 4.79 Å². The lowest BCUT2D eigenvalue weighted by Crippen LogP contribution is -1.94. The SMILES string of the molecule is CCCOc1ccc(Oc2nc(Cl)c(C=O)s2)cc1. The number of aldehydes is 1. The fraction of sp³-hybridized carbons (Fsp3) is 0.231. The van der Waals surface area contributed by atoms with Crippen molar-refractivity contribution in [2.75, 3.05) is 6.61 Å². The molecule has 4 nitrogen and oxygen atoms in total. The van der Waals surface area contributed by atoms with E-state index in [1.165, 1.54) is 0 Å². The lowest BCUT2D eigenvalue weighted by molar-refractivity contribution is 0.112. The third-order valence-corrected chi connectivity index (χ3v) is 3.46. The Morgan fingerprint density at radius 1 is 1.32 bits per heavy atom. The zero-order valence-corrected chi connectivity index (χ0v) is 11.8. The maximum Gasteiger partial charge on any atom is 0.280 e. The fourth-order valence-corrected chi connectivity index (χ4v) is 2.26. The number of ether oxygens (including phenoxy) is 2. The minimum atomic E-state index is 0.165. The van der Waals surface area contributed by atoms with Crippen LogP contribution in [0.4, 0.5) is 0 Å². The van der Waals surface area contributed by atoms with Gasteiger partial charge in [0.15, 0.2) is 11.4 Å². The van der Waals surface area contributed by atoms with Crippen LogP contribution in [0.25, 0.3) is 0 Å². The number of benzene rings is 1. The molecule has 1 heterocycles. The van der Waals surface area contributed by atoms with Crippen molar-refractivity contribution < 1.29 is 14.3 Å². The molecule has 0 bridgehead atoms. The quantitative estimate of drug-likeness (QED) is 0.750. The van der Waals surface area contributed by atoms with Gasteiger partial charge in [-0.15, -0.1) is 0 Å². The maximum atomic E-state index is 10.7. The van der Waals surface area contributed by atoms with E-state index in [0.29, 0.717) is 28.7 Å². The van der Waals surface area contributed by atoms with Crippen LogP contribution in [0, 0.1) is 0 Å². The molecule has 0 saturated heterocycles. The van der Waals surface area contributed by atoms with Crippen molar-refractivity contribution in [3.05, 3.63) is 34.3 Å². The largest absolute Gasteiger partial charge is 0.494 e. The minimum Gasteiger partial charge on any atom is -0.494 e. The third kappa shape index (κ3) is 3.68. The zero-order valence-electron chi connectivity index (χ0n) is 10.3. The number of halogens is 1. The molecule has 0 radical (unpaired) electrons. The van der Waals surface area contributed by atoms with Crippen molar-refractivity contribution in [1.82, 2.24) is 4.98 Å². The minimum absolute atomic E-state index is 0.165. The standard InChI is InChI=1S/C13H12ClNO3S/c1-2-7-17-9-3-5-10(6-4-9)18-13-15-12(14)11(8-16)19-13/h3-6,8H,2,7H2,1H3. The monoisotopic (exact) mass is 297 g/mol. The fourth-order valence-electron chi connectivity index (χ4n) is 1.34. The Balaban J connectivity index is 2.04. The van der Waals surface area contributed by atoms with Crippen LogP contribution in [-0.2, 0) is 0 Å². The molecule has 2 rings (SSSR count). The zero-order chi connectivity index (χ0) is 13.7. The number of hydrogen-bond donors (Lipinski definition) is 0. The second kappa shape index (κ2) is 6.54. The number of rotatable bonds is 6. The second-order valence-corrected chi connectivity index (χ2v) is 5.03. The third-order valence-electron chi connectivity index (χ3n) is 2.20. The molecule has 0 unspecified atom stereocenters. The summed E-state index contributed by atoms with van der Waals surface area (Å²) in [5, 5.41) is 0.507. The van der Waals surface area contributed by atoms with E-state index in [2.05, 4.69) is 4.98 Å². The Kier molecular flexibility index (Phi) is 4.76. The molecule has 1 aromatic heterocycles. The van der Waals surface area contributed by atoms with Crippen molar-refractivity contribution >= 4 is 29.2 Å². The number of aromatic nitrogens is 1. The van der Waals surface area contributed by atoms with Gasteiger partial charge in [0.05, 0.1) is 6.61 Å². The van der Waals surface area contributed by atoms with Crippen molar-refractivity contribution in [3.63, 3.8) is 0 Å². The Morgan fingerprint density at radius 3 is 2.58 bits per heavy atom. The molecule has 0 aliphatic heterocycles. The van der Waals surface area contributed by atoms with Gasteiger partial charge in [0, 0.05) is 0 Å². The summed E-state index contributed by atoms with van der Waals surface area (Å²) in [4.78, 5) is 15.0. The van der Waals surface area contributed by atoms with Gasteiger partial charge in [-0.25, -0.2) is 0 Å². The van der Waals surface area contributed by atoms with Crippen LogP contribution in [0.15, 0.2) is 24.3 Å². The second-order valence-electron chi connectivity index (χ2n) is 3.67. The van der Waals surface area contributed by atoms with Crippen molar-refractivity contribution in [3.8, 4) is 16.7 Å². The van der Waals surface area contributed by atoms with E-state index < -0.39 is 0 Å². The molecule has 100 valence electrons. The van der Waals surface area contributed by atoms with Gasteiger partial charge < -0.3 is 9.47 Å². The van der Waals surface area contributed by atoms with E-state index in [0.717, 1.165) is 23.5 Å². The van der Waals surface area contributed by atoms with Gasteiger partial charge in [-0.05, 0) is 30.7 Å². The highest BCUT2D eigenvalue weighted by Gasteiger charge is 2.10. The number of hydrogen-bond acceptors (Lipinski definition) is 5. The maximum absolute atomic E-state index is 10.7. The van der Waals surface area contributed by atoms with Crippen LogP contribution >= 0.6 is 22.9 Å². The lowest BCUT2D eigenvalue weighted by Gasteiger charge is -2.05. The highest BCUT2D eigenvalue weighted by atomic mass is 35.5. The summed E-state index contributed by atoms with van der Waals surface area (Å²) >= 11 is 6.87. The Morgan fingerprint density at radius 2 is 2.00 bits per heavy atom. The van der Waals surface area contributed by atoms with Gasteiger partial charge in [0.25, 0.3) is 5.19 Å². The summed E-state index contributed by atoms with van der Waals surface area (Å²) < 4.78 is 11.0. The van der Waals surface area contributed by atoms with Gasteiger partial charge >= 0.3 is 0 Å². The van der Waals surface area contributed by atoms with Crippen LogP contribution in [-0.4, -0.2) is 17.9 Å². The first-order chi connectivity index (χ1) is 9.22. The number of nitrogens with zero attached hydrogens (tertiary/aromatic N) is 1. The predicted octanol–water partition coefficient (Wildman–Crippen LogP) is 4.19. The highest BCUT2D eigenvalue weighted by molar-refractivity contribution is 7.15. The van der Waals surface area contributed by atoms with Crippen molar-refractivity contribution in [1.29, 1.82) is 0 Å². The lowest BCUT2D eigenvalue weighted by atomic mass is 10.3. The highest BCUT2D eigenvalue weighted by Crippen LogP contribution is 2.31. The van der Waals surface area contributed by atoms with Gasteiger partial charge in [-0.1, -0.05) is 29.9 Å². The normalized spacial score (nSPS) is 10.2. The summed E-state index contributed by atoms with van der Waals surface area (Å²) in [6.45, 7) is 2.74. The first-order valence-corrected chi connectivity index (χ1v) is 6.94. The first kappa shape index (κ1) is 13.8. The summed E-state index contributed by atoms with van der Waals surface area (Å²) in [5.41, 5.74) is 0. The van der Waals surface area contributed by atoms with Gasteiger partial charge in [-0.2, -0.15) is 4.98 Å². The molecule has 0 saturated carbocycles. The molecule has 0 spiro atoms.